The fourth-order valence-corrected chi connectivity index (χ4v) is 6.41. The van der Waals surface area contributed by atoms with Gasteiger partial charge in [0.25, 0.3) is 0 Å². The predicted molar refractivity (Wildman–Crippen MR) is 200 cm³/mol. The van der Waals surface area contributed by atoms with E-state index in [-0.39, 0.29) is 6.17 Å². The van der Waals surface area contributed by atoms with Gasteiger partial charge in [-0.05, 0) is 68.3 Å². The van der Waals surface area contributed by atoms with Crippen LogP contribution in [-0.4, -0.2) is 11.7 Å². The summed E-state index contributed by atoms with van der Waals surface area (Å²) in [5, 5.41) is 3.70. The molecule has 0 radical (unpaired) electrons. The van der Waals surface area contributed by atoms with Crippen LogP contribution in [0.3, 0.4) is 0 Å². The van der Waals surface area contributed by atoms with Gasteiger partial charge in [0.05, 0.1) is 0 Å². The van der Waals surface area contributed by atoms with Crippen molar-refractivity contribution in [1.82, 2.24) is 5.32 Å². The Morgan fingerprint density at radius 2 is 0.833 bits per heavy atom. The lowest BCUT2D eigenvalue weighted by molar-refractivity contribution is 0.674. The van der Waals surface area contributed by atoms with Crippen molar-refractivity contribution in [3.05, 3.63) is 205 Å². The first-order valence-corrected chi connectivity index (χ1v) is 16.3. The maximum absolute atomic E-state index is 5.25. The maximum Gasteiger partial charge on any atom is 0.159 e. The Balaban J connectivity index is 1.36. The highest BCUT2D eigenvalue weighted by Crippen LogP contribution is 2.42. The lowest BCUT2D eigenvalue weighted by Gasteiger charge is -2.25. The van der Waals surface area contributed by atoms with Crippen LogP contribution < -0.4 is 5.32 Å². The van der Waals surface area contributed by atoms with E-state index < -0.39 is 0 Å². The van der Waals surface area contributed by atoms with Crippen LogP contribution >= 0.6 is 0 Å². The standard InChI is InChI=1S/C45H33N3/c1-6-17-32(18-7-1)37-29-38(42-40(33-19-8-2-9-20-33)27-16-28-41(42)34-21-10-3-11-22-34)31-39(30-37)45-47-43(35-23-12-4-13-24-35)46-44(48-45)36-25-14-5-15-26-36/h1-31,45H,(H,46,47,48). The number of hydrogen-bond acceptors (Lipinski definition) is 3. The topological polar surface area (TPSA) is 36.8 Å². The molecule has 48 heavy (non-hydrogen) atoms. The maximum atomic E-state index is 5.25. The summed E-state index contributed by atoms with van der Waals surface area (Å²) < 4.78 is 0. The van der Waals surface area contributed by atoms with Crippen LogP contribution in [-0.2, 0) is 0 Å². The van der Waals surface area contributed by atoms with Crippen LogP contribution in [0.25, 0.3) is 44.5 Å². The van der Waals surface area contributed by atoms with Gasteiger partial charge in [0.15, 0.2) is 5.84 Å². The van der Waals surface area contributed by atoms with Crippen molar-refractivity contribution < 1.29 is 0 Å². The molecular formula is C45H33N3. The lowest BCUT2D eigenvalue weighted by atomic mass is 9.85. The normalized spacial score (nSPS) is 14.0. The second kappa shape index (κ2) is 13.2. The van der Waals surface area contributed by atoms with Gasteiger partial charge in [-0.3, -0.25) is 0 Å². The molecular weight excluding hydrogens is 583 g/mol. The second-order valence-electron chi connectivity index (χ2n) is 11.9. The smallest absolute Gasteiger partial charge is 0.159 e. The average molecular weight is 616 g/mol. The van der Waals surface area contributed by atoms with Gasteiger partial charge in [-0.15, -0.1) is 0 Å². The third kappa shape index (κ3) is 5.97. The minimum Gasteiger partial charge on any atom is -0.344 e. The van der Waals surface area contributed by atoms with Gasteiger partial charge in [-0.2, -0.15) is 0 Å². The summed E-state index contributed by atoms with van der Waals surface area (Å²) in [6.07, 6.45) is -0.362. The van der Waals surface area contributed by atoms with Crippen molar-refractivity contribution in [2.45, 2.75) is 6.17 Å². The molecule has 1 atom stereocenters. The van der Waals surface area contributed by atoms with Crippen LogP contribution in [0.5, 0.6) is 0 Å². The molecule has 8 rings (SSSR count). The fraction of sp³-hybridized carbons (Fsp3) is 0.0222. The molecule has 0 fully saturated rings. The first-order chi connectivity index (χ1) is 23.8. The molecule has 1 aliphatic rings. The Hall–Kier alpha value is -6.32. The van der Waals surface area contributed by atoms with Crippen LogP contribution in [0.2, 0.25) is 0 Å². The number of nitrogens with one attached hydrogen (secondary N) is 1. The molecule has 3 nitrogen and oxygen atoms in total. The quantitative estimate of drug-likeness (QED) is 0.190. The molecule has 0 aliphatic carbocycles. The summed E-state index contributed by atoms with van der Waals surface area (Å²) in [6, 6.07) is 66.0. The lowest BCUT2D eigenvalue weighted by Crippen LogP contribution is -2.33. The molecule has 1 heterocycles. The number of amidine groups is 2. The van der Waals surface area contributed by atoms with Gasteiger partial charge in [0, 0.05) is 11.1 Å². The summed E-state index contributed by atoms with van der Waals surface area (Å²) in [7, 11) is 0. The Morgan fingerprint density at radius 3 is 1.38 bits per heavy atom. The van der Waals surface area contributed by atoms with Crippen molar-refractivity contribution in [3.63, 3.8) is 0 Å². The molecule has 0 spiro atoms. The highest BCUT2D eigenvalue weighted by molar-refractivity contribution is 6.13. The summed E-state index contributed by atoms with van der Waals surface area (Å²) in [6.45, 7) is 0. The van der Waals surface area contributed by atoms with E-state index in [4.69, 9.17) is 9.98 Å². The Labute approximate surface area is 281 Å². The van der Waals surface area contributed by atoms with Crippen molar-refractivity contribution in [1.29, 1.82) is 0 Å². The summed E-state index contributed by atoms with van der Waals surface area (Å²) in [5.41, 5.74) is 12.4. The SMILES string of the molecule is c1ccc(C2=NC(c3cc(-c4ccccc4)cc(-c4c(-c5ccccc5)cccc4-c4ccccc4)c3)NC(c3ccccc3)=N2)cc1. The number of aliphatic imine (C=N–C) groups is 2. The minimum absolute atomic E-state index is 0.362. The Bertz CT molecular complexity index is 2170. The second-order valence-corrected chi connectivity index (χ2v) is 11.9. The summed E-state index contributed by atoms with van der Waals surface area (Å²) in [5.74, 6) is 1.51. The van der Waals surface area contributed by atoms with Gasteiger partial charge in [-0.25, -0.2) is 9.98 Å². The van der Waals surface area contributed by atoms with E-state index in [9.17, 15) is 0 Å². The molecule has 7 aromatic rings. The zero-order chi connectivity index (χ0) is 32.1. The number of rotatable bonds is 7. The van der Waals surface area contributed by atoms with Crippen molar-refractivity contribution in [3.8, 4) is 44.5 Å². The van der Waals surface area contributed by atoms with E-state index in [1.54, 1.807) is 0 Å². The third-order valence-corrected chi connectivity index (χ3v) is 8.72. The van der Waals surface area contributed by atoms with E-state index in [0.717, 1.165) is 39.2 Å². The Morgan fingerprint density at radius 1 is 0.375 bits per heavy atom. The molecule has 228 valence electrons. The number of nitrogens with zero attached hydrogens (tertiary/aromatic N) is 2. The molecule has 1 N–H and O–H groups in total. The largest absolute Gasteiger partial charge is 0.344 e. The molecule has 0 bridgehead atoms. The summed E-state index contributed by atoms with van der Waals surface area (Å²) >= 11 is 0. The highest BCUT2D eigenvalue weighted by Gasteiger charge is 2.23. The van der Waals surface area contributed by atoms with E-state index >= 15 is 0 Å². The molecule has 0 aromatic heterocycles. The fourth-order valence-electron chi connectivity index (χ4n) is 6.41. The third-order valence-electron chi connectivity index (χ3n) is 8.72. The van der Waals surface area contributed by atoms with Gasteiger partial charge in [-0.1, -0.05) is 170 Å². The van der Waals surface area contributed by atoms with E-state index in [0.29, 0.717) is 5.84 Å². The average Bonchev–Trinajstić information content (AvgIpc) is 3.19. The van der Waals surface area contributed by atoms with Crippen LogP contribution in [0.1, 0.15) is 22.9 Å². The highest BCUT2D eigenvalue weighted by atomic mass is 15.2. The van der Waals surface area contributed by atoms with Crippen LogP contribution in [0.4, 0.5) is 0 Å². The summed E-state index contributed by atoms with van der Waals surface area (Å²) in [4.78, 5) is 10.3. The molecule has 3 heteroatoms. The zero-order valence-corrected chi connectivity index (χ0v) is 26.4. The van der Waals surface area contributed by atoms with Crippen molar-refractivity contribution >= 4 is 11.7 Å². The van der Waals surface area contributed by atoms with Crippen LogP contribution in [0, 0.1) is 0 Å². The molecule has 1 aliphatic heterocycles. The number of benzene rings is 7. The van der Waals surface area contributed by atoms with E-state index in [2.05, 4.69) is 157 Å². The van der Waals surface area contributed by atoms with Gasteiger partial charge < -0.3 is 5.32 Å². The minimum atomic E-state index is -0.362. The monoisotopic (exact) mass is 615 g/mol. The molecule has 1 unspecified atom stereocenters. The van der Waals surface area contributed by atoms with Gasteiger partial charge in [0.2, 0.25) is 0 Å². The van der Waals surface area contributed by atoms with Crippen molar-refractivity contribution in [2.75, 3.05) is 0 Å². The molecule has 7 aromatic carbocycles. The van der Waals surface area contributed by atoms with Crippen molar-refractivity contribution in [2.24, 2.45) is 9.98 Å². The number of hydrogen-bond donors (Lipinski definition) is 1. The Kier molecular flexibility index (Phi) is 8.00. The van der Waals surface area contributed by atoms with Gasteiger partial charge >= 0.3 is 0 Å². The molecule has 0 saturated carbocycles. The first kappa shape index (κ1) is 29.1. The molecule has 0 amide bonds. The zero-order valence-electron chi connectivity index (χ0n) is 26.4. The first-order valence-electron chi connectivity index (χ1n) is 16.3. The van der Waals surface area contributed by atoms with E-state index in [1.165, 1.54) is 27.8 Å². The van der Waals surface area contributed by atoms with Crippen LogP contribution in [0.15, 0.2) is 198 Å². The molecule has 0 saturated heterocycles. The van der Waals surface area contributed by atoms with E-state index in [1.807, 2.05) is 36.4 Å². The predicted octanol–water partition coefficient (Wildman–Crippen LogP) is 10.8. The van der Waals surface area contributed by atoms with Gasteiger partial charge in [0.1, 0.15) is 12.0 Å².